The molecule has 0 N–H and O–H groups in total. The Balaban J connectivity index is 3.56. The van der Waals surface area contributed by atoms with Gasteiger partial charge in [0.1, 0.15) is 6.61 Å². The molecule has 0 fully saturated rings. The number of hydrogen-bond donors (Lipinski definition) is 0. The van der Waals surface area contributed by atoms with Crippen molar-refractivity contribution in [2.24, 2.45) is 0 Å². The molecule has 0 aliphatic rings. The van der Waals surface area contributed by atoms with Crippen molar-refractivity contribution < 1.29 is 9.53 Å². The number of allylic oxidation sites excluding steroid dienone is 1. The highest BCUT2D eigenvalue weighted by Gasteiger charge is 1.89. The summed E-state index contributed by atoms with van der Waals surface area (Å²) in [4.78, 5) is 10.3. The Hall–Kier alpha value is -1.30. The van der Waals surface area contributed by atoms with Crippen LogP contribution in [0.25, 0.3) is 0 Å². The molecular formula is C7H9NO2. The van der Waals surface area contributed by atoms with E-state index in [4.69, 9.17) is 10.00 Å². The van der Waals surface area contributed by atoms with Crippen LogP contribution >= 0.6 is 0 Å². The SMILES string of the molecule is CC(=O)CO/C=C(\C)C#N. The average Bonchev–Trinajstić information content (AvgIpc) is 1.87. The maximum Gasteiger partial charge on any atom is 0.167 e. The second-order valence-corrected chi connectivity index (χ2v) is 1.93. The number of Topliss-reactive ketones (excluding diaryl/α,β-unsaturated/α-hetero) is 1. The van der Waals surface area contributed by atoms with E-state index >= 15 is 0 Å². The van der Waals surface area contributed by atoms with E-state index < -0.39 is 0 Å². The summed E-state index contributed by atoms with van der Waals surface area (Å²) in [6.45, 7) is 3.08. The van der Waals surface area contributed by atoms with Gasteiger partial charge < -0.3 is 4.74 Å². The van der Waals surface area contributed by atoms with Gasteiger partial charge in [0.05, 0.1) is 17.9 Å². The van der Waals surface area contributed by atoms with Crippen molar-refractivity contribution in [1.82, 2.24) is 0 Å². The van der Waals surface area contributed by atoms with Crippen molar-refractivity contribution >= 4 is 5.78 Å². The van der Waals surface area contributed by atoms with Crippen molar-refractivity contribution in [3.63, 3.8) is 0 Å². The first kappa shape index (κ1) is 8.70. The molecule has 0 aromatic heterocycles. The maximum atomic E-state index is 10.3. The van der Waals surface area contributed by atoms with Gasteiger partial charge in [0, 0.05) is 0 Å². The smallest absolute Gasteiger partial charge is 0.167 e. The zero-order valence-corrected chi connectivity index (χ0v) is 6.05. The number of hydrogen-bond acceptors (Lipinski definition) is 3. The van der Waals surface area contributed by atoms with Gasteiger partial charge in [0.15, 0.2) is 5.78 Å². The van der Waals surface area contributed by atoms with Gasteiger partial charge >= 0.3 is 0 Å². The largest absolute Gasteiger partial charge is 0.492 e. The minimum atomic E-state index is -0.0537. The van der Waals surface area contributed by atoms with Gasteiger partial charge in [0.2, 0.25) is 0 Å². The molecule has 0 atom stereocenters. The fourth-order valence-electron chi connectivity index (χ4n) is 0.310. The van der Waals surface area contributed by atoms with Crippen LogP contribution in [0, 0.1) is 11.3 Å². The molecule has 0 heterocycles. The second kappa shape index (κ2) is 4.57. The molecule has 0 aliphatic carbocycles. The first-order valence-corrected chi connectivity index (χ1v) is 2.84. The molecule has 0 aliphatic heterocycles. The number of nitrogens with zero attached hydrogens (tertiary/aromatic N) is 1. The van der Waals surface area contributed by atoms with Crippen LogP contribution in [0.4, 0.5) is 0 Å². The van der Waals surface area contributed by atoms with Crippen molar-refractivity contribution in [3.05, 3.63) is 11.8 Å². The molecule has 3 heteroatoms. The number of ether oxygens (including phenoxy) is 1. The molecular weight excluding hydrogens is 130 g/mol. The van der Waals surface area contributed by atoms with E-state index in [1.807, 2.05) is 6.07 Å². The van der Waals surface area contributed by atoms with Gasteiger partial charge in [-0.3, -0.25) is 4.79 Å². The van der Waals surface area contributed by atoms with Crippen LogP contribution in [0.15, 0.2) is 11.8 Å². The molecule has 10 heavy (non-hydrogen) atoms. The van der Waals surface area contributed by atoms with Gasteiger partial charge in [0.25, 0.3) is 0 Å². The quantitative estimate of drug-likeness (QED) is 0.433. The van der Waals surface area contributed by atoms with E-state index in [-0.39, 0.29) is 12.4 Å². The summed E-state index contributed by atoms with van der Waals surface area (Å²) in [5.41, 5.74) is 0.459. The fourth-order valence-corrected chi connectivity index (χ4v) is 0.310. The lowest BCUT2D eigenvalue weighted by Crippen LogP contribution is -1.99. The first-order valence-electron chi connectivity index (χ1n) is 2.84. The van der Waals surface area contributed by atoms with Gasteiger partial charge in [-0.2, -0.15) is 5.26 Å². The van der Waals surface area contributed by atoms with Crippen molar-refractivity contribution in [2.75, 3.05) is 6.61 Å². The standard InChI is InChI=1S/C7H9NO2/c1-6(3-8)4-10-5-7(2)9/h4H,5H2,1-2H3/b6-4+. The normalized spacial score (nSPS) is 10.3. The van der Waals surface area contributed by atoms with Gasteiger partial charge in [-0.1, -0.05) is 0 Å². The molecule has 0 unspecified atom stereocenters. The predicted octanol–water partition coefficient (Wildman–Crippen LogP) is 1.02. The van der Waals surface area contributed by atoms with E-state index in [0.29, 0.717) is 5.57 Å². The molecule has 0 radical (unpaired) electrons. The van der Waals surface area contributed by atoms with Crippen LogP contribution in [0.5, 0.6) is 0 Å². The third-order valence-corrected chi connectivity index (χ3v) is 0.723. The summed E-state index contributed by atoms with van der Waals surface area (Å²) < 4.78 is 4.71. The number of rotatable bonds is 3. The Morgan fingerprint density at radius 1 is 1.70 bits per heavy atom. The molecule has 0 amide bonds. The molecule has 0 saturated carbocycles. The fraction of sp³-hybridized carbons (Fsp3) is 0.429. The third kappa shape index (κ3) is 4.85. The topological polar surface area (TPSA) is 50.1 Å². The van der Waals surface area contributed by atoms with E-state index in [1.54, 1.807) is 6.92 Å². The number of nitriles is 1. The lowest BCUT2D eigenvalue weighted by atomic mass is 10.4. The summed E-state index contributed by atoms with van der Waals surface area (Å²) >= 11 is 0. The Morgan fingerprint density at radius 3 is 2.70 bits per heavy atom. The zero-order valence-electron chi connectivity index (χ0n) is 6.05. The lowest BCUT2D eigenvalue weighted by molar-refractivity contribution is -0.119. The van der Waals surface area contributed by atoms with Crippen LogP contribution < -0.4 is 0 Å². The van der Waals surface area contributed by atoms with Crippen LogP contribution in [-0.2, 0) is 9.53 Å². The van der Waals surface area contributed by atoms with Gasteiger partial charge in [-0.15, -0.1) is 0 Å². The number of carbonyl (C=O) groups is 1. The van der Waals surface area contributed by atoms with Gasteiger partial charge in [-0.25, -0.2) is 0 Å². The van der Waals surface area contributed by atoms with Crippen LogP contribution in [-0.4, -0.2) is 12.4 Å². The molecule has 0 bridgehead atoms. The molecule has 0 rings (SSSR count). The highest BCUT2D eigenvalue weighted by Crippen LogP contribution is 1.89. The monoisotopic (exact) mass is 139 g/mol. The molecule has 3 nitrogen and oxygen atoms in total. The van der Waals surface area contributed by atoms with E-state index in [9.17, 15) is 4.79 Å². The molecule has 0 aromatic rings. The minimum Gasteiger partial charge on any atom is -0.492 e. The van der Waals surface area contributed by atoms with E-state index in [0.717, 1.165) is 0 Å². The summed E-state index contributed by atoms with van der Waals surface area (Å²) in [5.74, 6) is -0.0537. The summed E-state index contributed by atoms with van der Waals surface area (Å²) in [6.07, 6.45) is 1.28. The number of carbonyl (C=O) groups excluding carboxylic acids is 1. The van der Waals surface area contributed by atoms with Crippen LogP contribution in [0.3, 0.4) is 0 Å². The minimum absolute atomic E-state index is 0.0407. The molecule has 0 aromatic carbocycles. The molecule has 0 saturated heterocycles. The summed E-state index contributed by atoms with van der Waals surface area (Å²) in [6, 6.07) is 1.86. The molecule has 0 spiro atoms. The third-order valence-electron chi connectivity index (χ3n) is 0.723. The highest BCUT2D eigenvalue weighted by molar-refractivity contribution is 5.76. The first-order chi connectivity index (χ1) is 4.66. The Kier molecular flexibility index (Phi) is 3.97. The predicted molar refractivity (Wildman–Crippen MR) is 36.0 cm³/mol. The van der Waals surface area contributed by atoms with Crippen molar-refractivity contribution in [3.8, 4) is 6.07 Å². The Labute approximate surface area is 59.9 Å². The Bertz CT molecular complexity index is 188. The Morgan fingerprint density at radius 2 is 2.30 bits per heavy atom. The van der Waals surface area contributed by atoms with Crippen molar-refractivity contribution in [1.29, 1.82) is 5.26 Å². The maximum absolute atomic E-state index is 10.3. The van der Waals surface area contributed by atoms with E-state index in [2.05, 4.69) is 0 Å². The number of ketones is 1. The average molecular weight is 139 g/mol. The van der Waals surface area contributed by atoms with Crippen LogP contribution in [0.2, 0.25) is 0 Å². The lowest BCUT2D eigenvalue weighted by Gasteiger charge is -1.93. The summed E-state index contributed by atoms with van der Waals surface area (Å²) in [7, 11) is 0. The van der Waals surface area contributed by atoms with Crippen LogP contribution in [0.1, 0.15) is 13.8 Å². The second-order valence-electron chi connectivity index (χ2n) is 1.93. The van der Waals surface area contributed by atoms with Gasteiger partial charge in [-0.05, 0) is 13.8 Å². The molecule has 54 valence electrons. The summed E-state index contributed by atoms with van der Waals surface area (Å²) in [5, 5.41) is 8.22. The zero-order chi connectivity index (χ0) is 7.98. The highest BCUT2D eigenvalue weighted by atomic mass is 16.5. The van der Waals surface area contributed by atoms with Crippen molar-refractivity contribution in [2.45, 2.75) is 13.8 Å². The van der Waals surface area contributed by atoms with E-state index in [1.165, 1.54) is 13.2 Å².